The summed E-state index contributed by atoms with van der Waals surface area (Å²) in [6.45, 7) is 2.00. The van der Waals surface area contributed by atoms with Crippen LogP contribution in [0.1, 0.15) is 18.9 Å². The zero-order valence-corrected chi connectivity index (χ0v) is 11.1. The first-order valence-electron chi connectivity index (χ1n) is 4.87. The topological polar surface area (TPSA) is 26.0 Å². The lowest BCUT2D eigenvalue weighted by Crippen LogP contribution is -2.15. The lowest BCUT2D eigenvalue weighted by Gasteiger charge is -2.06. The molecule has 1 unspecified atom stereocenters. The Morgan fingerprint density at radius 1 is 1.53 bits per heavy atom. The van der Waals surface area contributed by atoms with Crippen molar-refractivity contribution in [3.8, 4) is 0 Å². The first-order chi connectivity index (χ1) is 7.11. The molecule has 0 amide bonds. The summed E-state index contributed by atoms with van der Waals surface area (Å²) in [5.41, 5.74) is 6.65. The summed E-state index contributed by atoms with van der Waals surface area (Å²) in [7, 11) is 0. The number of hydrogen-bond acceptors (Lipinski definition) is 2. The Hall–Kier alpha value is -0.0600. The summed E-state index contributed by atoms with van der Waals surface area (Å²) in [6, 6.07) is 5.38. The smallest absolute Gasteiger partial charge is 0.137 e. The molecule has 0 fully saturated rings. The maximum absolute atomic E-state index is 13.1. The van der Waals surface area contributed by atoms with Gasteiger partial charge in [0, 0.05) is 11.8 Å². The molecule has 0 aromatic heterocycles. The van der Waals surface area contributed by atoms with E-state index in [2.05, 4.69) is 15.9 Å². The van der Waals surface area contributed by atoms with E-state index in [9.17, 15) is 4.39 Å². The average molecular weight is 292 g/mol. The molecular formula is C11H15BrFNS. The summed E-state index contributed by atoms with van der Waals surface area (Å²) in [6.07, 6.45) is 0.998. The Labute approximate surface area is 103 Å². The minimum atomic E-state index is -0.194. The lowest BCUT2D eigenvalue weighted by molar-refractivity contribution is 0.619. The molecule has 1 aromatic rings. The van der Waals surface area contributed by atoms with Gasteiger partial charge in [0.2, 0.25) is 0 Å². The Morgan fingerprint density at radius 3 is 2.93 bits per heavy atom. The van der Waals surface area contributed by atoms with Crippen LogP contribution in [0.25, 0.3) is 0 Å². The zero-order chi connectivity index (χ0) is 11.3. The molecule has 1 aromatic carbocycles. The van der Waals surface area contributed by atoms with Crippen molar-refractivity contribution < 1.29 is 4.39 Å². The van der Waals surface area contributed by atoms with Crippen LogP contribution in [0.5, 0.6) is 0 Å². The van der Waals surface area contributed by atoms with Crippen LogP contribution in [-0.2, 0) is 5.75 Å². The van der Waals surface area contributed by atoms with Crippen molar-refractivity contribution >= 4 is 27.7 Å². The molecule has 0 spiro atoms. The van der Waals surface area contributed by atoms with E-state index in [1.165, 1.54) is 6.07 Å². The molecule has 1 nitrogen and oxygen atoms in total. The molecule has 0 heterocycles. The van der Waals surface area contributed by atoms with Crippen molar-refractivity contribution in [1.82, 2.24) is 0 Å². The quantitative estimate of drug-likeness (QED) is 0.840. The molecule has 0 bridgehead atoms. The molecule has 0 radical (unpaired) electrons. The SMILES string of the molecule is CC(N)CCSCc1cccc(F)c1Br. The standard InChI is InChI=1S/C11H15BrFNS/c1-8(14)5-6-15-7-9-3-2-4-10(13)11(9)12/h2-4,8H,5-7,14H2,1H3. The molecule has 0 aliphatic carbocycles. The van der Waals surface area contributed by atoms with E-state index in [0.29, 0.717) is 4.47 Å². The molecule has 4 heteroatoms. The predicted molar refractivity (Wildman–Crippen MR) is 68.5 cm³/mol. The molecule has 0 saturated heterocycles. The summed E-state index contributed by atoms with van der Waals surface area (Å²) in [5.74, 6) is 1.64. The number of rotatable bonds is 5. The van der Waals surface area contributed by atoms with Gasteiger partial charge >= 0.3 is 0 Å². The number of thioether (sulfide) groups is 1. The van der Waals surface area contributed by atoms with Gasteiger partial charge in [0.15, 0.2) is 0 Å². The van der Waals surface area contributed by atoms with E-state index < -0.39 is 0 Å². The highest BCUT2D eigenvalue weighted by atomic mass is 79.9. The second kappa shape index (κ2) is 6.51. The Morgan fingerprint density at radius 2 is 2.27 bits per heavy atom. The average Bonchev–Trinajstić information content (AvgIpc) is 2.18. The third kappa shape index (κ3) is 4.53. The second-order valence-electron chi connectivity index (χ2n) is 3.53. The largest absolute Gasteiger partial charge is 0.328 e. The summed E-state index contributed by atoms with van der Waals surface area (Å²) in [4.78, 5) is 0. The molecule has 2 N–H and O–H groups in total. The highest BCUT2D eigenvalue weighted by Crippen LogP contribution is 2.24. The minimum Gasteiger partial charge on any atom is -0.328 e. The third-order valence-electron chi connectivity index (χ3n) is 2.01. The van der Waals surface area contributed by atoms with Crippen molar-refractivity contribution in [2.45, 2.75) is 25.1 Å². The monoisotopic (exact) mass is 291 g/mol. The van der Waals surface area contributed by atoms with Crippen LogP contribution < -0.4 is 5.73 Å². The van der Waals surface area contributed by atoms with Crippen molar-refractivity contribution in [2.75, 3.05) is 5.75 Å². The minimum absolute atomic E-state index is 0.194. The Kier molecular flexibility index (Phi) is 5.64. The van der Waals surface area contributed by atoms with Gasteiger partial charge in [-0.3, -0.25) is 0 Å². The summed E-state index contributed by atoms with van der Waals surface area (Å²) in [5, 5.41) is 0. The summed E-state index contributed by atoms with van der Waals surface area (Å²) >= 11 is 5.03. The van der Waals surface area contributed by atoms with E-state index in [4.69, 9.17) is 5.73 Å². The first kappa shape index (κ1) is 13.0. The van der Waals surface area contributed by atoms with Crippen LogP contribution in [-0.4, -0.2) is 11.8 Å². The number of halogens is 2. The molecule has 1 atom stereocenters. The van der Waals surface area contributed by atoms with Crippen molar-refractivity contribution in [3.05, 3.63) is 34.1 Å². The van der Waals surface area contributed by atoms with Crippen molar-refractivity contribution in [3.63, 3.8) is 0 Å². The molecule has 0 aliphatic heterocycles. The maximum Gasteiger partial charge on any atom is 0.137 e. The second-order valence-corrected chi connectivity index (χ2v) is 5.43. The fraction of sp³-hybridized carbons (Fsp3) is 0.455. The van der Waals surface area contributed by atoms with Crippen molar-refractivity contribution in [1.29, 1.82) is 0 Å². The molecule has 84 valence electrons. The van der Waals surface area contributed by atoms with Crippen LogP contribution in [0.2, 0.25) is 0 Å². The normalized spacial score (nSPS) is 12.8. The van der Waals surface area contributed by atoms with Gasteiger partial charge in [-0.2, -0.15) is 11.8 Å². The molecule has 0 saturated carbocycles. The van der Waals surface area contributed by atoms with Crippen LogP contribution in [0.4, 0.5) is 4.39 Å². The highest BCUT2D eigenvalue weighted by Gasteiger charge is 2.04. The number of hydrogen-bond donors (Lipinski definition) is 1. The van der Waals surface area contributed by atoms with Gasteiger partial charge in [-0.05, 0) is 46.7 Å². The van der Waals surface area contributed by atoms with Gasteiger partial charge in [0.1, 0.15) is 5.82 Å². The summed E-state index contributed by atoms with van der Waals surface area (Å²) < 4.78 is 13.7. The van der Waals surface area contributed by atoms with Gasteiger partial charge in [-0.15, -0.1) is 0 Å². The fourth-order valence-corrected chi connectivity index (χ4v) is 2.84. The molecular weight excluding hydrogens is 277 g/mol. The lowest BCUT2D eigenvalue weighted by atomic mass is 10.2. The fourth-order valence-electron chi connectivity index (χ4n) is 1.11. The van der Waals surface area contributed by atoms with E-state index >= 15 is 0 Å². The first-order valence-corrected chi connectivity index (χ1v) is 6.82. The molecule has 15 heavy (non-hydrogen) atoms. The van der Waals surface area contributed by atoms with Crippen LogP contribution in [0.15, 0.2) is 22.7 Å². The van der Waals surface area contributed by atoms with E-state index in [1.807, 2.05) is 13.0 Å². The van der Waals surface area contributed by atoms with Gasteiger partial charge in [0.05, 0.1) is 4.47 Å². The van der Waals surface area contributed by atoms with Gasteiger partial charge in [-0.1, -0.05) is 12.1 Å². The van der Waals surface area contributed by atoms with Crippen molar-refractivity contribution in [2.24, 2.45) is 5.73 Å². The predicted octanol–water partition coefficient (Wildman–Crippen LogP) is 3.56. The Bertz CT molecular complexity index is 317. The van der Waals surface area contributed by atoms with E-state index in [1.54, 1.807) is 17.8 Å². The van der Waals surface area contributed by atoms with Gasteiger partial charge in [0.25, 0.3) is 0 Å². The van der Waals surface area contributed by atoms with Crippen LogP contribution in [0, 0.1) is 5.82 Å². The third-order valence-corrected chi connectivity index (χ3v) is 3.93. The molecule has 1 rings (SSSR count). The number of benzene rings is 1. The van der Waals surface area contributed by atoms with E-state index in [-0.39, 0.29) is 11.9 Å². The zero-order valence-electron chi connectivity index (χ0n) is 8.67. The van der Waals surface area contributed by atoms with Crippen LogP contribution >= 0.6 is 27.7 Å². The van der Waals surface area contributed by atoms with Gasteiger partial charge in [-0.25, -0.2) is 4.39 Å². The van der Waals surface area contributed by atoms with Crippen LogP contribution in [0.3, 0.4) is 0 Å². The molecule has 0 aliphatic rings. The Balaban J connectivity index is 2.41. The number of nitrogens with two attached hydrogens (primary N) is 1. The highest BCUT2D eigenvalue weighted by molar-refractivity contribution is 9.10. The maximum atomic E-state index is 13.1. The van der Waals surface area contributed by atoms with Gasteiger partial charge < -0.3 is 5.73 Å². The van der Waals surface area contributed by atoms with E-state index in [0.717, 1.165) is 23.5 Å².